The maximum atomic E-state index is 17.5. The van der Waals surface area contributed by atoms with Gasteiger partial charge in [-0.05, 0) is 93.5 Å². The molecular weight excluding hydrogens is 581 g/mol. The van der Waals surface area contributed by atoms with Gasteiger partial charge in [0, 0.05) is 16.7 Å². The largest absolute Gasteiger partial charge is 0.457 e. The van der Waals surface area contributed by atoms with Gasteiger partial charge in [0.1, 0.15) is 11.5 Å². The van der Waals surface area contributed by atoms with Crippen molar-refractivity contribution >= 4 is 28.6 Å². The Kier molecular flexibility index (Phi) is 7.58. The fourth-order valence-electron chi connectivity index (χ4n) is 8.46. The number of thioether (sulfide) groups is 1. The van der Waals surface area contributed by atoms with Crippen LogP contribution in [-0.2, 0) is 14.3 Å². The summed E-state index contributed by atoms with van der Waals surface area (Å²) in [5.74, 6) is -0.911. The first-order valence-corrected chi connectivity index (χ1v) is 15.9. The summed E-state index contributed by atoms with van der Waals surface area (Å²) in [5.41, 5.74) is -5.13. The molecule has 44 heavy (non-hydrogen) atoms. The number of aliphatic hydroxyl groups is 1. The second kappa shape index (κ2) is 11.0. The van der Waals surface area contributed by atoms with Gasteiger partial charge in [0.05, 0.1) is 23.5 Å². The van der Waals surface area contributed by atoms with Crippen LogP contribution in [0.3, 0.4) is 0 Å². The number of halogens is 1. The zero-order valence-corrected chi connectivity index (χ0v) is 25.4. The maximum Gasteiger partial charge on any atom is 0.339 e. The Labute approximate surface area is 260 Å². The van der Waals surface area contributed by atoms with Gasteiger partial charge >= 0.3 is 5.97 Å². The van der Waals surface area contributed by atoms with Crippen molar-refractivity contribution in [1.82, 2.24) is 0 Å². The quantitative estimate of drug-likeness (QED) is 0.365. The summed E-state index contributed by atoms with van der Waals surface area (Å²) in [7, 11) is 0. The summed E-state index contributed by atoms with van der Waals surface area (Å²) in [6.45, 7) is 3.55. The zero-order chi connectivity index (χ0) is 31.3. The van der Waals surface area contributed by atoms with Crippen LogP contribution in [0.25, 0.3) is 0 Å². The third kappa shape index (κ3) is 4.45. The lowest BCUT2D eigenvalue weighted by molar-refractivity contribution is -0.214. The molecule has 0 bridgehead atoms. The van der Waals surface area contributed by atoms with Gasteiger partial charge in [0.25, 0.3) is 0 Å². The molecule has 0 amide bonds. The molecule has 0 saturated heterocycles. The summed E-state index contributed by atoms with van der Waals surface area (Å²) in [4.78, 5) is 39.8. The van der Waals surface area contributed by atoms with Crippen molar-refractivity contribution in [2.24, 2.45) is 22.7 Å². The van der Waals surface area contributed by atoms with E-state index in [9.17, 15) is 24.8 Å². The summed E-state index contributed by atoms with van der Waals surface area (Å²) in [5, 5.41) is 20.5. The van der Waals surface area contributed by atoms with Gasteiger partial charge in [0.2, 0.25) is 5.12 Å². The Morgan fingerprint density at radius 3 is 2.48 bits per heavy atom. The fraction of sp³-hybridized carbons (Fsp3) is 0.429. The van der Waals surface area contributed by atoms with Crippen LogP contribution in [0.2, 0.25) is 0 Å². The number of hydrogen-bond acceptors (Lipinski definition) is 8. The molecule has 7 nitrogen and oxygen atoms in total. The standard InChI is InChI=1S/C35H34FNO6S/c1-32-16-14-24(38)20-23(32)10-13-28-27-15-17-34(31(41)44-19-18-37,33(27,2)21-29(39)35(28,32)36)43-30(40)22-8-11-26(12-9-22)42-25-6-4-3-5-7-25/h3-9,11-12,14,16,20,27-29,39H,10,13,15,17,19,21H2,1-2H3/t27-,28-,29-,32-,33-,34-,35-/m0/s1. The number of hydrogen-bond donors (Lipinski definition) is 1. The van der Waals surface area contributed by atoms with Gasteiger partial charge in [0.15, 0.2) is 17.1 Å². The van der Waals surface area contributed by atoms with Crippen molar-refractivity contribution in [3.8, 4) is 17.6 Å². The Balaban J connectivity index is 1.32. The van der Waals surface area contributed by atoms with E-state index in [4.69, 9.17) is 9.47 Å². The minimum atomic E-state index is -2.07. The smallest absolute Gasteiger partial charge is 0.339 e. The first-order valence-electron chi connectivity index (χ1n) is 14.9. The van der Waals surface area contributed by atoms with Crippen LogP contribution in [0.5, 0.6) is 11.5 Å². The van der Waals surface area contributed by atoms with Gasteiger partial charge in [-0.2, -0.15) is 5.26 Å². The molecule has 0 radical (unpaired) electrons. The molecule has 6 rings (SSSR count). The molecule has 0 aromatic heterocycles. The minimum absolute atomic E-state index is 0.120. The minimum Gasteiger partial charge on any atom is -0.457 e. The van der Waals surface area contributed by atoms with Gasteiger partial charge < -0.3 is 14.6 Å². The van der Waals surface area contributed by atoms with Crippen molar-refractivity contribution in [3.05, 3.63) is 84.0 Å². The average Bonchev–Trinajstić information content (AvgIpc) is 3.29. The lowest BCUT2D eigenvalue weighted by Gasteiger charge is -2.62. The van der Waals surface area contributed by atoms with E-state index in [1.807, 2.05) is 43.3 Å². The number of benzene rings is 2. The molecule has 228 valence electrons. The van der Waals surface area contributed by atoms with Gasteiger partial charge in [-0.1, -0.05) is 48.5 Å². The maximum absolute atomic E-state index is 17.5. The van der Waals surface area contributed by atoms with Crippen LogP contribution < -0.4 is 4.74 Å². The normalized spacial score (nSPS) is 35.4. The second-order valence-electron chi connectivity index (χ2n) is 12.7. The molecule has 2 aromatic rings. The highest BCUT2D eigenvalue weighted by Crippen LogP contribution is 2.70. The lowest BCUT2D eigenvalue weighted by Crippen LogP contribution is -2.69. The zero-order valence-electron chi connectivity index (χ0n) is 24.6. The first-order chi connectivity index (χ1) is 21.0. The molecule has 4 aliphatic carbocycles. The van der Waals surface area contributed by atoms with Crippen LogP contribution in [0, 0.1) is 34.0 Å². The summed E-state index contributed by atoms with van der Waals surface area (Å²) < 4.78 is 29.6. The van der Waals surface area contributed by atoms with Gasteiger partial charge in [-0.3, -0.25) is 9.59 Å². The molecular formula is C35H34FNO6S. The van der Waals surface area contributed by atoms with Crippen LogP contribution in [0.1, 0.15) is 56.3 Å². The van der Waals surface area contributed by atoms with Crippen molar-refractivity contribution in [1.29, 1.82) is 5.26 Å². The van der Waals surface area contributed by atoms with E-state index < -0.39 is 45.2 Å². The number of ketones is 1. The topological polar surface area (TPSA) is 114 Å². The number of carbonyl (C=O) groups excluding carboxylic acids is 3. The molecule has 0 aliphatic heterocycles. The highest BCUT2D eigenvalue weighted by atomic mass is 32.2. The number of esters is 1. The monoisotopic (exact) mass is 615 g/mol. The van der Waals surface area contributed by atoms with Crippen molar-refractivity contribution < 1.29 is 33.4 Å². The predicted octanol–water partition coefficient (Wildman–Crippen LogP) is 6.53. The molecule has 2 aromatic carbocycles. The van der Waals surface area contributed by atoms with Crippen LogP contribution >= 0.6 is 11.8 Å². The number of ether oxygens (including phenoxy) is 2. The lowest BCUT2D eigenvalue weighted by atomic mass is 9.45. The van der Waals surface area contributed by atoms with Gasteiger partial charge in [-0.25, -0.2) is 9.18 Å². The van der Waals surface area contributed by atoms with E-state index in [1.165, 1.54) is 12.2 Å². The van der Waals surface area contributed by atoms with Crippen LogP contribution in [0.4, 0.5) is 4.39 Å². The Morgan fingerprint density at radius 2 is 1.77 bits per heavy atom. The Hall–Kier alpha value is -3.74. The number of alkyl halides is 1. The summed E-state index contributed by atoms with van der Waals surface area (Å²) in [6.07, 6.45) is 4.28. The number of fused-ring (bicyclic) bond motifs is 5. The molecule has 0 unspecified atom stereocenters. The van der Waals surface area contributed by atoms with E-state index in [0.717, 1.165) is 11.8 Å². The Bertz CT molecular complexity index is 1600. The number of allylic oxidation sites excluding steroid dienone is 4. The molecule has 0 heterocycles. The molecule has 1 N–H and O–H groups in total. The second-order valence-corrected chi connectivity index (χ2v) is 13.6. The van der Waals surface area contributed by atoms with E-state index in [2.05, 4.69) is 0 Å². The average molecular weight is 616 g/mol. The molecule has 0 spiro atoms. The van der Waals surface area contributed by atoms with E-state index in [1.54, 1.807) is 37.3 Å². The van der Waals surface area contributed by atoms with E-state index >= 15 is 4.39 Å². The van der Waals surface area contributed by atoms with Crippen molar-refractivity contribution in [2.75, 3.05) is 5.75 Å². The summed E-state index contributed by atoms with van der Waals surface area (Å²) in [6, 6.07) is 17.6. The number of carbonyl (C=O) groups is 3. The predicted molar refractivity (Wildman–Crippen MR) is 163 cm³/mol. The molecule has 7 atom stereocenters. The molecule has 4 aliphatic rings. The van der Waals surface area contributed by atoms with Crippen LogP contribution in [0.15, 0.2) is 78.4 Å². The molecule has 3 saturated carbocycles. The van der Waals surface area contributed by atoms with Crippen molar-refractivity contribution in [2.45, 2.75) is 63.3 Å². The number of nitriles is 1. The van der Waals surface area contributed by atoms with Gasteiger partial charge in [-0.15, -0.1) is 0 Å². The van der Waals surface area contributed by atoms with E-state index in [0.29, 0.717) is 36.3 Å². The molecule has 3 fully saturated rings. The number of para-hydroxylation sites is 1. The third-order valence-electron chi connectivity index (χ3n) is 10.7. The Morgan fingerprint density at radius 1 is 1.07 bits per heavy atom. The highest BCUT2D eigenvalue weighted by molar-refractivity contribution is 8.14. The van der Waals surface area contributed by atoms with Crippen LogP contribution in [-0.4, -0.2) is 45.1 Å². The number of aliphatic hydroxyl groups excluding tert-OH is 1. The number of rotatable bonds is 6. The third-order valence-corrected chi connectivity index (χ3v) is 11.6. The first kappa shape index (κ1) is 30.3. The SMILES string of the molecule is C[C@]12C=CC(=O)C=C1CC[C@H]1[C@@H]3CC[C@](OC(=O)c4ccc(Oc5ccccc5)cc4)(C(=O)SCC#N)[C@@]3(C)C[C@H](O)[C@@]12F. The number of nitrogens with zero attached hydrogens (tertiary/aromatic N) is 1. The fourth-order valence-corrected chi connectivity index (χ4v) is 9.26. The van der Waals surface area contributed by atoms with Crippen molar-refractivity contribution in [3.63, 3.8) is 0 Å². The van der Waals surface area contributed by atoms with E-state index in [-0.39, 0.29) is 35.9 Å². The summed E-state index contributed by atoms with van der Waals surface area (Å²) >= 11 is 0.785. The highest BCUT2D eigenvalue weighted by Gasteiger charge is 2.75. The molecule has 9 heteroatoms.